The van der Waals surface area contributed by atoms with Crippen LogP contribution in [0.15, 0.2) is 29.1 Å². The second-order valence-corrected chi connectivity index (χ2v) is 4.97. The number of benzene rings is 1. The maximum Gasteiger partial charge on any atom is 0.290 e. The summed E-state index contributed by atoms with van der Waals surface area (Å²) in [6, 6.07) is 6.22. The van der Waals surface area contributed by atoms with Crippen LogP contribution in [0, 0.1) is 5.82 Å². The van der Waals surface area contributed by atoms with Gasteiger partial charge in [-0.2, -0.15) is 0 Å². The average molecular weight is 263 g/mol. The van der Waals surface area contributed by atoms with Crippen molar-refractivity contribution in [1.82, 2.24) is 9.36 Å². The van der Waals surface area contributed by atoms with Crippen LogP contribution in [-0.4, -0.2) is 9.36 Å². The lowest BCUT2D eigenvalue weighted by molar-refractivity contribution is 0.507. The van der Waals surface area contributed by atoms with Gasteiger partial charge in [-0.1, -0.05) is 26.0 Å². The Morgan fingerprint density at radius 2 is 2.05 bits per heavy atom. The lowest BCUT2D eigenvalue weighted by atomic mass is 10.1. The highest BCUT2D eigenvalue weighted by Crippen LogP contribution is 2.19. The average Bonchev–Trinajstić information content (AvgIpc) is 2.53. The quantitative estimate of drug-likeness (QED) is 0.921. The highest BCUT2D eigenvalue weighted by Gasteiger charge is 2.17. The molecule has 0 radical (unpaired) electrons. The molecule has 0 aliphatic rings. The molecule has 0 atom stereocenters. The molecule has 1 aromatic carbocycles. The molecule has 4 nitrogen and oxygen atoms in total. The number of nitrogens with zero attached hydrogens (tertiary/aromatic N) is 2. The van der Waals surface area contributed by atoms with Gasteiger partial charge in [0.05, 0.1) is 12.2 Å². The van der Waals surface area contributed by atoms with Gasteiger partial charge in [0, 0.05) is 7.05 Å². The van der Waals surface area contributed by atoms with E-state index < -0.39 is 0 Å². The lowest BCUT2D eigenvalue weighted by Gasteiger charge is -2.12. The molecule has 1 heterocycles. The van der Waals surface area contributed by atoms with Crippen molar-refractivity contribution in [3.05, 3.63) is 51.7 Å². The van der Waals surface area contributed by atoms with E-state index in [-0.39, 0.29) is 23.0 Å². The summed E-state index contributed by atoms with van der Waals surface area (Å²) in [6.45, 7) is 4.28. The summed E-state index contributed by atoms with van der Waals surface area (Å²) in [7, 11) is 1.80. The number of aromatic nitrogens is 2. The minimum absolute atomic E-state index is 0.159. The van der Waals surface area contributed by atoms with Gasteiger partial charge < -0.3 is 5.73 Å². The van der Waals surface area contributed by atoms with Crippen LogP contribution in [0.1, 0.15) is 31.0 Å². The minimum Gasteiger partial charge on any atom is -0.393 e. The first kappa shape index (κ1) is 13.4. The predicted octanol–water partition coefficient (Wildman–Crippen LogP) is 2.08. The first-order valence-electron chi connectivity index (χ1n) is 6.21. The Kier molecular flexibility index (Phi) is 3.46. The maximum absolute atomic E-state index is 13.2. The molecule has 5 heteroatoms. The topological polar surface area (TPSA) is 53.0 Å². The molecule has 19 heavy (non-hydrogen) atoms. The molecule has 0 saturated heterocycles. The molecular formula is C14H18FN3O. The zero-order chi connectivity index (χ0) is 14.2. The molecule has 0 spiro atoms. The number of hydrogen-bond donors (Lipinski definition) is 1. The Hall–Kier alpha value is -2.04. The van der Waals surface area contributed by atoms with Crippen LogP contribution >= 0.6 is 0 Å². The monoisotopic (exact) mass is 263 g/mol. The fourth-order valence-electron chi connectivity index (χ4n) is 2.36. The van der Waals surface area contributed by atoms with Gasteiger partial charge in [0.25, 0.3) is 5.56 Å². The van der Waals surface area contributed by atoms with E-state index in [4.69, 9.17) is 5.73 Å². The van der Waals surface area contributed by atoms with Gasteiger partial charge in [0.1, 0.15) is 11.5 Å². The summed E-state index contributed by atoms with van der Waals surface area (Å²) in [5.41, 5.74) is 7.45. The zero-order valence-corrected chi connectivity index (χ0v) is 11.4. The van der Waals surface area contributed by atoms with Crippen LogP contribution in [0.25, 0.3) is 0 Å². The molecule has 2 N–H and O–H groups in total. The summed E-state index contributed by atoms with van der Waals surface area (Å²) in [5, 5.41) is 0. The van der Waals surface area contributed by atoms with Crippen molar-refractivity contribution >= 4 is 5.69 Å². The summed E-state index contributed by atoms with van der Waals surface area (Å²) >= 11 is 0. The highest BCUT2D eigenvalue weighted by molar-refractivity contribution is 5.43. The van der Waals surface area contributed by atoms with Crippen molar-refractivity contribution in [3.63, 3.8) is 0 Å². The van der Waals surface area contributed by atoms with Gasteiger partial charge in [0.2, 0.25) is 0 Å². The van der Waals surface area contributed by atoms with E-state index in [0.29, 0.717) is 6.54 Å². The van der Waals surface area contributed by atoms with Crippen LogP contribution in [0.2, 0.25) is 0 Å². The number of nitrogens with two attached hydrogens (primary N) is 1. The van der Waals surface area contributed by atoms with E-state index in [9.17, 15) is 9.18 Å². The third-order valence-corrected chi connectivity index (χ3v) is 3.22. The molecule has 2 aromatic rings. The van der Waals surface area contributed by atoms with E-state index in [2.05, 4.69) is 0 Å². The molecule has 0 bridgehead atoms. The summed E-state index contributed by atoms with van der Waals surface area (Å²) in [6.07, 6.45) is 0. The number of rotatable bonds is 3. The van der Waals surface area contributed by atoms with Crippen molar-refractivity contribution in [2.24, 2.45) is 7.05 Å². The molecule has 102 valence electrons. The van der Waals surface area contributed by atoms with Crippen molar-refractivity contribution in [3.8, 4) is 0 Å². The van der Waals surface area contributed by atoms with Gasteiger partial charge in [-0.25, -0.2) is 9.07 Å². The third kappa shape index (κ3) is 2.41. The van der Waals surface area contributed by atoms with E-state index in [1.807, 2.05) is 13.8 Å². The molecule has 2 rings (SSSR count). The van der Waals surface area contributed by atoms with Crippen LogP contribution in [0.4, 0.5) is 10.1 Å². The molecular weight excluding hydrogens is 245 g/mol. The fourth-order valence-corrected chi connectivity index (χ4v) is 2.36. The van der Waals surface area contributed by atoms with E-state index in [1.54, 1.807) is 23.9 Å². The van der Waals surface area contributed by atoms with Crippen molar-refractivity contribution in [2.45, 2.75) is 26.3 Å². The van der Waals surface area contributed by atoms with Crippen LogP contribution in [-0.2, 0) is 13.6 Å². The van der Waals surface area contributed by atoms with E-state index >= 15 is 0 Å². The normalized spacial score (nSPS) is 11.2. The molecule has 0 aliphatic heterocycles. The Bertz CT molecular complexity index is 655. The van der Waals surface area contributed by atoms with Crippen LogP contribution < -0.4 is 11.3 Å². The van der Waals surface area contributed by atoms with Crippen molar-refractivity contribution in [1.29, 1.82) is 0 Å². The summed E-state index contributed by atoms with van der Waals surface area (Å²) in [5.74, 6) is -0.150. The third-order valence-electron chi connectivity index (χ3n) is 3.22. The predicted molar refractivity (Wildman–Crippen MR) is 73.7 cm³/mol. The van der Waals surface area contributed by atoms with Crippen molar-refractivity contribution < 1.29 is 4.39 Å². The Morgan fingerprint density at radius 3 is 2.58 bits per heavy atom. The van der Waals surface area contributed by atoms with Crippen LogP contribution in [0.3, 0.4) is 0 Å². The molecule has 0 amide bonds. The first-order chi connectivity index (χ1) is 8.91. The largest absolute Gasteiger partial charge is 0.393 e. The first-order valence-corrected chi connectivity index (χ1v) is 6.21. The molecule has 0 aliphatic carbocycles. The van der Waals surface area contributed by atoms with Gasteiger partial charge in [0.15, 0.2) is 0 Å². The van der Waals surface area contributed by atoms with E-state index in [1.165, 1.54) is 16.8 Å². The SMILES string of the molecule is CC(C)c1c(N)c(=O)n(Cc2cccc(F)c2)n1C. The molecule has 0 unspecified atom stereocenters. The molecule has 0 saturated carbocycles. The van der Waals surface area contributed by atoms with Crippen LogP contribution in [0.5, 0.6) is 0 Å². The zero-order valence-electron chi connectivity index (χ0n) is 11.4. The molecule has 1 aromatic heterocycles. The molecule has 0 fully saturated rings. The van der Waals surface area contributed by atoms with Gasteiger partial charge >= 0.3 is 0 Å². The van der Waals surface area contributed by atoms with E-state index in [0.717, 1.165) is 11.3 Å². The smallest absolute Gasteiger partial charge is 0.290 e. The number of nitrogen functional groups attached to an aromatic ring is 1. The minimum atomic E-state index is -0.309. The number of halogens is 1. The van der Waals surface area contributed by atoms with Gasteiger partial charge in [-0.15, -0.1) is 0 Å². The summed E-state index contributed by atoms with van der Waals surface area (Å²) < 4.78 is 16.4. The van der Waals surface area contributed by atoms with Gasteiger partial charge in [-0.3, -0.25) is 9.48 Å². The Morgan fingerprint density at radius 1 is 1.37 bits per heavy atom. The second kappa shape index (κ2) is 4.91. The lowest BCUT2D eigenvalue weighted by Crippen LogP contribution is -2.23. The van der Waals surface area contributed by atoms with Gasteiger partial charge in [-0.05, 0) is 23.6 Å². The number of hydrogen-bond acceptors (Lipinski definition) is 2. The summed E-state index contributed by atoms with van der Waals surface area (Å²) in [4.78, 5) is 12.1. The van der Waals surface area contributed by atoms with Crippen molar-refractivity contribution in [2.75, 3.05) is 5.73 Å². The Labute approximate surface area is 111 Å². The Balaban J connectivity index is 2.47. The standard InChI is InChI=1S/C14H18FN3O/c1-9(2)13-12(16)14(19)18(17(13)3)8-10-5-4-6-11(15)7-10/h4-7,9H,8,16H2,1-3H3. The second-order valence-electron chi connectivity index (χ2n) is 4.97. The fraction of sp³-hybridized carbons (Fsp3) is 0.357. The maximum atomic E-state index is 13.2. The highest BCUT2D eigenvalue weighted by atomic mass is 19.1. The number of anilines is 1.